The molecule has 1 saturated carbocycles. The molecule has 1 aliphatic rings. The molecular formula is C25H39N. The van der Waals surface area contributed by atoms with Crippen molar-refractivity contribution in [1.29, 1.82) is 0 Å². The van der Waals surface area contributed by atoms with Crippen molar-refractivity contribution in [3.63, 3.8) is 0 Å². The smallest absolute Gasteiger partial charge is 0.00743 e. The van der Waals surface area contributed by atoms with Crippen molar-refractivity contribution in [2.75, 3.05) is 6.54 Å². The van der Waals surface area contributed by atoms with Gasteiger partial charge in [-0.3, -0.25) is 0 Å². The molecule has 2 N–H and O–H groups in total. The highest BCUT2D eigenvalue weighted by Gasteiger charge is 2.30. The average molecular weight is 354 g/mol. The van der Waals surface area contributed by atoms with Crippen LogP contribution in [0.3, 0.4) is 0 Å². The summed E-state index contributed by atoms with van der Waals surface area (Å²) < 4.78 is 0. The zero-order valence-corrected chi connectivity index (χ0v) is 17.1. The Morgan fingerprint density at radius 1 is 1.15 bits per heavy atom. The minimum absolute atomic E-state index is 0.608. The Labute approximate surface area is 161 Å². The number of hydrogen-bond acceptors (Lipinski definition) is 1. The summed E-state index contributed by atoms with van der Waals surface area (Å²) >= 11 is 0. The first-order valence-corrected chi connectivity index (χ1v) is 10.8. The van der Waals surface area contributed by atoms with E-state index in [2.05, 4.69) is 56.8 Å². The van der Waals surface area contributed by atoms with Crippen LogP contribution in [-0.4, -0.2) is 6.54 Å². The van der Waals surface area contributed by atoms with Gasteiger partial charge in [0.05, 0.1) is 0 Å². The predicted octanol–water partition coefficient (Wildman–Crippen LogP) is 7.11. The lowest BCUT2D eigenvalue weighted by atomic mass is 9.84. The van der Waals surface area contributed by atoms with Gasteiger partial charge < -0.3 is 5.73 Å². The van der Waals surface area contributed by atoms with Crippen molar-refractivity contribution >= 4 is 0 Å². The van der Waals surface area contributed by atoms with Gasteiger partial charge in [-0.25, -0.2) is 0 Å². The molecule has 0 bridgehead atoms. The van der Waals surface area contributed by atoms with E-state index in [1.54, 1.807) is 0 Å². The van der Waals surface area contributed by atoms with E-state index in [0.717, 1.165) is 25.8 Å². The molecule has 144 valence electrons. The van der Waals surface area contributed by atoms with Gasteiger partial charge in [0.1, 0.15) is 0 Å². The molecule has 0 radical (unpaired) electrons. The second-order valence-corrected chi connectivity index (χ2v) is 8.11. The molecule has 3 atom stereocenters. The fourth-order valence-electron chi connectivity index (χ4n) is 4.28. The summed E-state index contributed by atoms with van der Waals surface area (Å²) in [5.74, 6) is 1.93. The van der Waals surface area contributed by atoms with Gasteiger partial charge in [-0.05, 0) is 74.0 Å². The van der Waals surface area contributed by atoms with Crippen molar-refractivity contribution in [1.82, 2.24) is 0 Å². The molecule has 1 nitrogen and oxygen atoms in total. The lowest BCUT2D eigenvalue weighted by Gasteiger charge is -2.21. The van der Waals surface area contributed by atoms with Crippen LogP contribution in [0.4, 0.5) is 0 Å². The first kappa shape index (κ1) is 21.0. The van der Waals surface area contributed by atoms with E-state index in [4.69, 9.17) is 5.73 Å². The SMILES string of the molecule is C=C1CCC(c2ccc(C(C)CCCCC)cc2)C1C/C=C\CCCN. The number of allylic oxidation sites excluding steroid dienone is 3. The molecule has 26 heavy (non-hydrogen) atoms. The lowest BCUT2D eigenvalue weighted by Crippen LogP contribution is -2.07. The zero-order chi connectivity index (χ0) is 18.8. The van der Waals surface area contributed by atoms with Gasteiger partial charge in [0.25, 0.3) is 0 Å². The van der Waals surface area contributed by atoms with Crippen molar-refractivity contribution in [2.24, 2.45) is 11.7 Å². The van der Waals surface area contributed by atoms with Crippen LogP contribution in [0.5, 0.6) is 0 Å². The van der Waals surface area contributed by atoms with E-state index in [0.29, 0.717) is 17.8 Å². The van der Waals surface area contributed by atoms with Crippen LogP contribution < -0.4 is 5.73 Å². The molecule has 1 aromatic carbocycles. The molecule has 1 fully saturated rings. The van der Waals surface area contributed by atoms with Gasteiger partial charge in [-0.15, -0.1) is 0 Å². The maximum Gasteiger partial charge on any atom is -0.00743 e. The van der Waals surface area contributed by atoms with Gasteiger partial charge in [0.2, 0.25) is 0 Å². The van der Waals surface area contributed by atoms with Crippen molar-refractivity contribution in [3.05, 3.63) is 59.7 Å². The molecule has 2 rings (SSSR count). The molecule has 0 aliphatic heterocycles. The first-order chi connectivity index (χ1) is 12.7. The third-order valence-electron chi connectivity index (χ3n) is 6.09. The minimum atomic E-state index is 0.608. The Morgan fingerprint density at radius 3 is 2.62 bits per heavy atom. The van der Waals surface area contributed by atoms with Gasteiger partial charge in [-0.1, -0.05) is 81.7 Å². The number of nitrogens with two attached hydrogens (primary N) is 1. The highest BCUT2D eigenvalue weighted by molar-refractivity contribution is 5.31. The molecule has 0 spiro atoms. The van der Waals surface area contributed by atoms with E-state index in [1.807, 2.05) is 0 Å². The third-order valence-corrected chi connectivity index (χ3v) is 6.09. The minimum Gasteiger partial charge on any atom is -0.330 e. The van der Waals surface area contributed by atoms with E-state index in [9.17, 15) is 0 Å². The van der Waals surface area contributed by atoms with Crippen LogP contribution in [0.25, 0.3) is 0 Å². The van der Waals surface area contributed by atoms with E-state index >= 15 is 0 Å². The Hall–Kier alpha value is -1.34. The molecular weight excluding hydrogens is 314 g/mol. The molecule has 0 amide bonds. The molecule has 0 saturated heterocycles. The number of hydrogen-bond donors (Lipinski definition) is 1. The van der Waals surface area contributed by atoms with Crippen LogP contribution in [0.15, 0.2) is 48.6 Å². The predicted molar refractivity (Wildman–Crippen MR) is 116 cm³/mol. The van der Waals surface area contributed by atoms with Crippen LogP contribution in [0.2, 0.25) is 0 Å². The fourth-order valence-corrected chi connectivity index (χ4v) is 4.28. The summed E-state index contributed by atoms with van der Waals surface area (Å²) in [5, 5.41) is 0. The number of rotatable bonds is 11. The monoisotopic (exact) mass is 353 g/mol. The Bertz CT molecular complexity index is 554. The maximum atomic E-state index is 5.57. The summed E-state index contributed by atoms with van der Waals surface area (Å²) in [4.78, 5) is 0. The van der Waals surface area contributed by atoms with Gasteiger partial charge in [0, 0.05) is 0 Å². The van der Waals surface area contributed by atoms with Gasteiger partial charge in [-0.2, -0.15) is 0 Å². The number of benzene rings is 1. The summed E-state index contributed by atoms with van der Waals surface area (Å²) in [5.41, 5.74) is 10.0. The topological polar surface area (TPSA) is 26.0 Å². The highest BCUT2D eigenvalue weighted by Crippen LogP contribution is 2.44. The second-order valence-electron chi connectivity index (χ2n) is 8.11. The van der Waals surface area contributed by atoms with Crippen molar-refractivity contribution in [3.8, 4) is 0 Å². The summed E-state index contributed by atoms with van der Waals surface area (Å²) in [6.07, 6.45) is 15.7. The zero-order valence-electron chi connectivity index (χ0n) is 17.1. The summed E-state index contributed by atoms with van der Waals surface area (Å²) in [6.45, 7) is 9.79. The molecule has 3 unspecified atom stereocenters. The van der Waals surface area contributed by atoms with Crippen LogP contribution in [0.1, 0.15) is 94.6 Å². The number of unbranched alkanes of at least 4 members (excludes halogenated alkanes) is 3. The van der Waals surface area contributed by atoms with Crippen molar-refractivity contribution < 1.29 is 0 Å². The van der Waals surface area contributed by atoms with Crippen LogP contribution in [0, 0.1) is 5.92 Å². The quantitative estimate of drug-likeness (QED) is 0.333. The largest absolute Gasteiger partial charge is 0.330 e. The van der Waals surface area contributed by atoms with Crippen molar-refractivity contribution in [2.45, 2.75) is 83.5 Å². The summed E-state index contributed by atoms with van der Waals surface area (Å²) in [7, 11) is 0. The molecule has 1 aromatic rings. The fraction of sp³-hybridized carbons (Fsp3) is 0.600. The Kier molecular flexibility index (Phi) is 9.18. The van der Waals surface area contributed by atoms with E-state index in [1.165, 1.54) is 55.2 Å². The maximum absolute atomic E-state index is 5.57. The highest BCUT2D eigenvalue weighted by atomic mass is 14.5. The second kappa shape index (κ2) is 11.4. The van der Waals surface area contributed by atoms with Crippen LogP contribution in [-0.2, 0) is 0 Å². The van der Waals surface area contributed by atoms with E-state index in [-0.39, 0.29) is 0 Å². The normalized spacial score (nSPS) is 21.6. The molecule has 0 heterocycles. The van der Waals surface area contributed by atoms with Gasteiger partial charge >= 0.3 is 0 Å². The summed E-state index contributed by atoms with van der Waals surface area (Å²) in [6, 6.07) is 9.53. The van der Waals surface area contributed by atoms with E-state index < -0.39 is 0 Å². The Balaban J connectivity index is 1.95. The van der Waals surface area contributed by atoms with Gasteiger partial charge in [0.15, 0.2) is 0 Å². The molecule has 0 aromatic heterocycles. The Morgan fingerprint density at radius 2 is 1.92 bits per heavy atom. The lowest BCUT2D eigenvalue weighted by molar-refractivity contribution is 0.543. The molecule has 1 heteroatoms. The first-order valence-electron chi connectivity index (χ1n) is 10.8. The average Bonchev–Trinajstić information content (AvgIpc) is 3.02. The van der Waals surface area contributed by atoms with Crippen LogP contribution >= 0.6 is 0 Å². The standard InChI is InChI=1S/C25H39N/c1-4-5-8-11-20(2)22-14-16-23(17-15-22)25-18-13-21(3)24(25)12-9-6-7-10-19-26/h6,9,14-17,20,24-25H,3-5,7-8,10-13,18-19,26H2,1-2H3/b9-6-. The third kappa shape index (κ3) is 6.13. The molecule has 1 aliphatic carbocycles.